The maximum atomic E-state index is 3.77. The van der Waals surface area contributed by atoms with Crippen molar-refractivity contribution in [1.82, 2.24) is 4.90 Å². The monoisotopic (exact) mass is 258 g/mol. The van der Waals surface area contributed by atoms with Crippen molar-refractivity contribution in [1.29, 1.82) is 0 Å². The van der Waals surface area contributed by atoms with E-state index in [1.807, 2.05) is 0 Å². The molecule has 2 aliphatic heterocycles. The van der Waals surface area contributed by atoms with Crippen LogP contribution in [0.25, 0.3) is 0 Å². The van der Waals surface area contributed by atoms with Gasteiger partial charge in [-0.2, -0.15) is 0 Å². The van der Waals surface area contributed by atoms with Crippen LogP contribution in [0.5, 0.6) is 0 Å². The second kappa shape index (κ2) is 5.96. The Hall–Kier alpha value is -1.02. The Bertz CT molecular complexity index is 398. The lowest BCUT2D eigenvalue weighted by atomic mass is 9.99. The van der Waals surface area contributed by atoms with Gasteiger partial charge in [-0.1, -0.05) is 31.9 Å². The van der Waals surface area contributed by atoms with Gasteiger partial charge < -0.3 is 5.32 Å². The second-order valence-electron chi connectivity index (χ2n) is 6.09. The first-order valence-corrected chi connectivity index (χ1v) is 7.96. The first-order valence-electron chi connectivity index (χ1n) is 7.96. The summed E-state index contributed by atoms with van der Waals surface area (Å²) in [4.78, 5) is 2.69. The highest BCUT2D eigenvalue weighted by molar-refractivity contribution is 5.46. The van der Waals surface area contributed by atoms with Crippen molar-refractivity contribution in [2.75, 3.05) is 18.4 Å². The van der Waals surface area contributed by atoms with E-state index in [4.69, 9.17) is 0 Å². The molecule has 0 amide bonds. The first kappa shape index (κ1) is 13.0. The summed E-state index contributed by atoms with van der Waals surface area (Å²) in [6, 6.07) is 10.5. The molecule has 2 heterocycles. The number of benzene rings is 1. The minimum atomic E-state index is 0.664. The number of hydrogen-bond donors (Lipinski definition) is 1. The zero-order valence-electron chi connectivity index (χ0n) is 12.1. The molecule has 0 aliphatic carbocycles. The van der Waals surface area contributed by atoms with E-state index in [1.165, 1.54) is 62.9 Å². The predicted molar refractivity (Wildman–Crippen MR) is 81.7 cm³/mol. The lowest BCUT2D eigenvalue weighted by Crippen LogP contribution is -2.41. The van der Waals surface area contributed by atoms with E-state index in [1.54, 1.807) is 0 Å². The third-order valence-corrected chi connectivity index (χ3v) is 4.70. The van der Waals surface area contributed by atoms with Crippen LogP contribution in [-0.2, 0) is 6.42 Å². The molecule has 1 N–H and O–H groups in total. The molecule has 2 fully saturated rings. The number of nitrogens with zero attached hydrogens (tertiary/aromatic N) is 1. The minimum Gasteiger partial charge on any atom is -0.381 e. The van der Waals surface area contributed by atoms with Crippen molar-refractivity contribution in [2.45, 2.75) is 57.5 Å². The van der Waals surface area contributed by atoms with Gasteiger partial charge in [0.1, 0.15) is 0 Å². The maximum absolute atomic E-state index is 3.77. The van der Waals surface area contributed by atoms with Crippen molar-refractivity contribution in [3.8, 4) is 0 Å². The Balaban J connectivity index is 1.61. The molecule has 0 radical (unpaired) electrons. The molecule has 104 valence electrons. The number of hydrogen-bond acceptors (Lipinski definition) is 2. The lowest BCUT2D eigenvalue weighted by molar-refractivity contribution is 0.193. The highest BCUT2D eigenvalue weighted by Gasteiger charge is 2.35. The van der Waals surface area contributed by atoms with Crippen LogP contribution in [0.4, 0.5) is 5.69 Å². The van der Waals surface area contributed by atoms with Gasteiger partial charge in [0.15, 0.2) is 0 Å². The fraction of sp³-hybridized carbons (Fsp3) is 0.647. The SMILES string of the molecule is CCCc1ccc(NC2CCN3CCCCC23)cc1. The van der Waals surface area contributed by atoms with Gasteiger partial charge in [0, 0.05) is 24.3 Å². The molecule has 0 bridgehead atoms. The molecule has 3 rings (SSSR count). The van der Waals surface area contributed by atoms with E-state index in [0.717, 1.165) is 6.04 Å². The number of nitrogens with one attached hydrogen (secondary N) is 1. The maximum Gasteiger partial charge on any atom is 0.0428 e. The molecule has 2 unspecified atom stereocenters. The van der Waals surface area contributed by atoms with Gasteiger partial charge in [-0.3, -0.25) is 4.90 Å². The van der Waals surface area contributed by atoms with E-state index in [9.17, 15) is 0 Å². The topological polar surface area (TPSA) is 15.3 Å². The van der Waals surface area contributed by atoms with Crippen LogP contribution in [0, 0.1) is 0 Å². The van der Waals surface area contributed by atoms with Gasteiger partial charge in [0.05, 0.1) is 0 Å². The highest BCUT2D eigenvalue weighted by atomic mass is 15.2. The van der Waals surface area contributed by atoms with Crippen LogP contribution in [-0.4, -0.2) is 30.1 Å². The number of piperidine rings is 1. The normalized spacial score (nSPS) is 27.2. The predicted octanol–water partition coefficient (Wildman–Crippen LogP) is 3.68. The Morgan fingerprint density at radius 2 is 1.95 bits per heavy atom. The smallest absolute Gasteiger partial charge is 0.0428 e. The van der Waals surface area contributed by atoms with E-state index in [-0.39, 0.29) is 0 Å². The molecule has 2 nitrogen and oxygen atoms in total. The van der Waals surface area contributed by atoms with E-state index in [0.29, 0.717) is 6.04 Å². The summed E-state index contributed by atoms with van der Waals surface area (Å²) >= 11 is 0. The highest BCUT2D eigenvalue weighted by Crippen LogP contribution is 2.29. The third kappa shape index (κ3) is 2.94. The zero-order chi connectivity index (χ0) is 13.1. The summed E-state index contributed by atoms with van der Waals surface area (Å²) in [6.45, 7) is 4.84. The van der Waals surface area contributed by atoms with E-state index < -0.39 is 0 Å². The molecule has 0 spiro atoms. The average molecular weight is 258 g/mol. The van der Waals surface area contributed by atoms with Crippen molar-refractivity contribution in [3.05, 3.63) is 29.8 Å². The average Bonchev–Trinajstić information content (AvgIpc) is 2.85. The van der Waals surface area contributed by atoms with Crippen LogP contribution in [0.1, 0.15) is 44.6 Å². The summed E-state index contributed by atoms with van der Waals surface area (Å²) < 4.78 is 0. The lowest BCUT2D eigenvalue weighted by Gasteiger charge is -2.33. The molecule has 1 aromatic carbocycles. The number of rotatable bonds is 4. The molecule has 0 aromatic heterocycles. The molecular weight excluding hydrogens is 232 g/mol. The van der Waals surface area contributed by atoms with E-state index in [2.05, 4.69) is 41.4 Å². The Morgan fingerprint density at radius 1 is 1.11 bits per heavy atom. The molecule has 2 aliphatic rings. The van der Waals surface area contributed by atoms with Crippen molar-refractivity contribution >= 4 is 5.69 Å². The van der Waals surface area contributed by atoms with Crippen molar-refractivity contribution in [2.24, 2.45) is 0 Å². The fourth-order valence-electron chi connectivity index (χ4n) is 3.69. The molecular formula is C17H26N2. The van der Waals surface area contributed by atoms with Gasteiger partial charge >= 0.3 is 0 Å². The summed E-state index contributed by atoms with van der Waals surface area (Å²) in [5.74, 6) is 0. The first-order chi connectivity index (χ1) is 9.36. The summed E-state index contributed by atoms with van der Waals surface area (Å²) in [5, 5.41) is 3.77. The summed E-state index contributed by atoms with van der Waals surface area (Å²) in [5.41, 5.74) is 2.76. The molecule has 2 heteroatoms. The standard InChI is InChI=1S/C17H26N2/c1-2-5-14-7-9-15(10-8-14)18-16-11-13-19-12-4-3-6-17(16)19/h7-10,16-18H,2-6,11-13H2,1H3. The quantitative estimate of drug-likeness (QED) is 0.886. The van der Waals surface area contributed by atoms with Gasteiger partial charge in [-0.15, -0.1) is 0 Å². The number of anilines is 1. The zero-order valence-corrected chi connectivity index (χ0v) is 12.1. The van der Waals surface area contributed by atoms with Crippen LogP contribution in [0.2, 0.25) is 0 Å². The molecule has 19 heavy (non-hydrogen) atoms. The van der Waals surface area contributed by atoms with Crippen molar-refractivity contribution < 1.29 is 0 Å². The van der Waals surface area contributed by atoms with Gasteiger partial charge in [-0.25, -0.2) is 0 Å². The van der Waals surface area contributed by atoms with Crippen molar-refractivity contribution in [3.63, 3.8) is 0 Å². The molecule has 1 aromatic rings. The molecule has 0 saturated carbocycles. The largest absolute Gasteiger partial charge is 0.381 e. The third-order valence-electron chi connectivity index (χ3n) is 4.70. The molecule has 2 atom stereocenters. The van der Waals surface area contributed by atoms with Crippen LogP contribution in [0.15, 0.2) is 24.3 Å². The number of fused-ring (bicyclic) bond motifs is 1. The fourth-order valence-corrected chi connectivity index (χ4v) is 3.69. The second-order valence-corrected chi connectivity index (χ2v) is 6.09. The summed E-state index contributed by atoms with van der Waals surface area (Å²) in [6.07, 6.45) is 7.92. The van der Waals surface area contributed by atoms with Gasteiger partial charge in [0.2, 0.25) is 0 Å². The summed E-state index contributed by atoms with van der Waals surface area (Å²) in [7, 11) is 0. The van der Waals surface area contributed by atoms with Gasteiger partial charge in [-0.05, 0) is 49.9 Å². The van der Waals surface area contributed by atoms with Crippen LogP contribution >= 0.6 is 0 Å². The van der Waals surface area contributed by atoms with Crippen LogP contribution < -0.4 is 5.32 Å². The Morgan fingerprint density at radius 3 is 2.74 bits per heavy atom. The molecule has 2 saturated heterocycles. The Labute approximate surface area is 117 Å². The van der Waals surface area contributed by atoms with E-state index >= 15 is 0 Å². The number of aryl methyl sites for hydroxylation is 1. The van der Waals surface area contributed by atoms with Gasteiger partial charge in [0.25, 0.3) is 0 Å². The van der Waals surface area contributed by atoms with Crippen LogP contribution in [0.3, 0.4) is 0 Å². The minimum absolute atomic E-state index is 0.664. The Kier molecular flexibility index (Phi) is 4.07.